The largest absolute Gasteiger partial charge is 0.309 e. The highest BCUT2D eigenvalue weighted by atomic mass is 35.5. The summed E-state index contributed by atoms with van der Waals surface area (Å²) in [4.78, 5) is 22.6. The number of hydrogen-bond acceptors (Lipinski definition) is 5. The normalized spacial score (nSPS) is 10.9. The number of hydrogen-bond donors (Lipinski definition) is 0. The molecule has 156 valence electrons. The lowest BCUT2D eigenvalue weighted by atomic mass is 10.2. The van der Waals surface area contributed by atoms with Gasteiger partial charge in [0.05, 0.1) is 4.70 Å². The van der Waals surface area contributed by atoms with Crippen molar-refractivity contribution >= 4 is 56.8 Å². The Hall–Kier alpha value is -1.67. The van der Waals surface area contributed by atoms with E-state index in [2.05, 4.69) is 16.8 Å². The van der Waals surface area contributed by atoms with Crippen LogP contribution in [0.3, 0.4) is 0 Å². The van der Waals surface area contributed by atoms with Crippen molar-refractivity contribution < 1.29 is 9.18 Å². The van der Waals surface area contributed by atoms with Crippen LogP contribution in [0.2, 0.25) is 0 Å². The molecule has 2 aromatic carbocycles. The van der Waals surface area contributed by atoms with E-state index in [4.69, 9.17) is 0 Å². The van der Waals surface area contributed by atoms with Crippen LogP contribution in [0.5, 0.6) is 0 Å². The highest BCUT2D eigenvalue weighted by Crippen LogP contribution is 2.31. The maximum absolute atomic E-state index is 14.1. The van der Waals surface area contributed by atoms with Crippen LogP contribution in [0.4, 0.5) is 9.52 Å². The number of benzene rings is 2. The van der Waals surface area contributed by atoms with Gasteiger partial charge in [0.25, 0.3) is 5.91 Å². The van der Waals surface area contributed by atoms with Crippen molar-refractivity contribution in [3.05, 3.63) is 53.8 Å². The molecule has 0 aliphatic rings. The van der Waals surface area contributed by atoms with Crippen LogP contribution >= 0.6 is 35.5 Å². The van der Waals surface area contributed by atoms with Gasteiger partial charge in [-0.25, -0.2) is 9.37 Å². The first-order valence-corrected chi connectivity index (χ1v) is 11.0. The number of nitrogens with zero attached hydrogens (tertiary/aromatic N) is 3. The molecule has 0 saturated carbocycles. The van der Waals surface area contributed by atoms with Gasteiger partial charge < -0.3 is 4.90 Å². The Morgan fingerprint density at radius 2 is 1.86 bits per heavy atom. The highest BCUT2D eigenvalue weighted by molar-refractivity contribution is 7.99. The number of para-hydroxylation sites is 1. The molecule has 0 fully saturated rings. The summed E-state index contributed by atoms with van der Waals surface area (Å²) >= 11 is 3.09. The fraction of sp³-hybridized carbons (Fsp3) is 0.333. The third-order valence-electron chi connectivity index (χ3n) is 4.23. The summed E-state index contributed by atoms with van der Waals surface area (Å²) in [5.41, 5.74) is 0.938. The van der Waals surface area contributed by atoms with Crippen molar-refractivity contribution in [2.45, 2.75) is 18.2 Å². The zero-order valence-corrected chi connectivity index (χ0v) is 19.2. The van der Waals surface area contributed by atoms with Crippen LogP contribution < -0.4 is 4.90 Å². The number of amides is 1. The average Bonchev–Trinajstić information content (AvgIpc) is 3.11. The molecule has 0 radical (unpaired) electrons. The van der Waals surface area contributed by atoms with E-state index >= 15 is 0 Å². The predicted octanol–water partition coefficient (Wildman–Crippen LogP) is 5.57. The molecular formula is C21H25ClFN3OS2. The van der Waals surface area contributed by atoms with E-state index in [0.717, 1.165) is 28.3 Å². The SMILES string of the molecule is CCSc1ccc(C(=O)N(CCCN(C)C)c2nc3c(F)cccc3s2)cc1.Cl. The number of thioether (sulfide) groups is 1. The van der Waals surface area contributed by atoms with Gasteiger partial charge in [0.2, 0.25) is 0 Å². The molecule has 29 heavy (non-hydrogen) atoms. The van der Waals surface area contributed by atoms with E-state index in [0.29, 0.717) is 22.8 Å². The smallest absolute Gasteiger partial charge is 0.260 e. The van der Waals surface area contributed by atoms with Crippen molar-refractivity contribution in [3.8, 4) is 0 Å². The summed E-state index contributed by atoms with van der Waals surface area (Å²) in [7, 11) is 4.01. The zero-order chi connectivity index (χ0) is 20.1. The Morgan fingerprint density at radius 3 is 2.48 bits per heavy atom. The molecule has 0 unspecified atom stereocenters. The van der Waals surface area contributed by atoms with Crippen LogP contribution in [0.25, 0.3) is 10.2 Å². The van der Waals surface area contributed by atoms with Gasteiger partial charge in [0, 0.05) is 17.0 Å². The summed E-state index contributed by atoms with van der Waals surface area (Å²) in [6.45, 7) is 3.49. The van der Waals surface area contributed by atoms with Crippen molar-refractivity contribution in [2.24, 2.45) is 0 Å². The van der Waals surface area contributed by atoms with Crippen molar-refractivity contribution in [1.82, 2.24) is 9.88 Å². The van der Waals surface area contributed by atoms with Gasteiger partial charge in [-0.2, -0.15) is 0 Å². The summed E-state index contributed by atoms with van der Waals surface area (Å²) < 4.78 is 14.8. The van der Waals surface area contributed by atoms with Crippen LogP contribution in [0.1, 0.15) is 23.7 Å². The van der Waals surface area contributed by atoms with Gasteiger partial charge in [0.1, 0.15) is 11.3 Å². The van der Waals surface area contributed by atoms with Gasteiger partial charge in [-0.05, 0) is 69.2 Å². The van der Waals surface area contributed by atoms with E-state index in [9.17, 15) is 9.18 Å². The van der Waals surface area contributed by atoms with Crippen LogP contribution in [-0.2, 0) is 0 Å². The second-order valence-electron chi connectivity index (χ2n) is 6.65. The highest BCUT2D eigenvalue weighted by Gasteiger charge is 2.22. The topological polar surface area (TPSA) is 36.4 Å². The monoisotopic (exact) mass is 453 g/mol. The number of halogens is 2. The van der Waals surface area contributed by atoms with Gasteiger partial charge in [-0.3, -0.25) is 9.69 Å². The number of rotatable bonds is 8. The number of thiazole rings is 1. The Morgan fingerprint density at radius 1 is 1.14 bits per heavy atom. The van der Waals surface area contributed by atoms with Crippen molar-refractivity contribution in [2.75, 3.05) is 37.8 Å². The second kappa shape index (κ2) is 10.9. The van der Waals surface area contributed by atoms with Crippen molar-refractivity contribution in [3.63, 3.8) is 0 Å². The standard InChI is InChI=1S/C21H24FN3OS2.ClH/c1-4-27-16-11-9-15(10-12-16)20(26)25(14-6-13-24(2)3)21-23-19-17(22)7-5-8-18(19)28-21;/h5,7-12H,4,6,13-14H2,1-3H3;1H. The molecule has 8 heteroatoms. The van der Waals surface area contributed by atoms with Crippen LogP contribution in [0.15, 0.2) is 47.4 Å². The van der Waals surface area contributed by atoms with E-state index < -0.39 is 0 Å². The Kier molecular flexibility index (Phi) is 8.89. The number of carbonyl (C=O) groups is 1. The summed E-state index contributed by atoms with van der Waals surface area (Å²) in [5.74, 6) is 0.522. The molecule has 4 nitrogen and oxygen atoms in total. The van der Waals surface area contributed by atoms with Crippen LogP contribution in [-0.4, -0.2) is 48.7 Å². The first-order valence-electron chi connectivity index (χ1n) is 9.24. The zero-order valence-electron chi connectivity index (χ0n) is 16.7. The molecule has 1 heterocycles. The second-order valence-corrected chi connectivity index (χ2v) is 9.00. The molecule has 1 aromatic heterocycles. The van der Waals surface area contributed by atoms with Gasteiger partial charge in [-0.15, -0.1) is 24.2 Å². The van der Waals surface area contributed by atoms with E-state index in [-0.39, 0.29) is 24.1 Å². The molecule has 3 rings (SSSR count). The molecule has 0 spiro atoms. The maximum atomic E-state index is 14.1. The molecule has 0 N–H and O–H groups in total. The summed E-state index contributed by atoms with van der Waals surface area (Å²) in [6, 6.07) is 12.5. The first-order chi connectivity index (χ1) is 13.5. The molecule has 0 atom stereocenters. The Balaban J connectivity index is 0.00000300. The quantitative estimate of drug-likeness (QED) is 0.418. The summed E-state index contributed by atoms with van der Waals surface area (Å²) in [6.07, 6.45) is 0.806. The molecule has 1 amide bonds. The van der Waals surface area contributed by atoms with Gasteiger partial charge in [-0.1, -0.05) is 24.3 Å². The number of anilines is 1. The van der Waals surface area contributed by atoms with Crippen molar-refractivity contribution in [1.29, 1.82) is 0 Å². The minimum atomic E-state index is -0.360. The molecule has 3 aromatic rings. The number of carbonyl (C=O) groups excluding carboxylic acids is 1. The Labute approximate surface area is 185 Å². The predicted molar refractivity (Wildman–Crippen MR) is 125 cm³/mol. The first kappa shape index (κ1) is 23.6. The maximum Gasteiger partial charge on any atom is 0.260 e. The van der Waals surface area contributed by atoms with E-state index in [1.54, 1.807) is 22.7 Å². The van der Waals surface area contributed by atoms with Crippen LogP contribution in [0, 0.1) is 5.82 Å². The molecule has 0 aliphatic carbocycles. The summed E-state index contributed by atoms with van der Waals surface area (Å²) in [5, 5.41) is 0.538. The number of aromatic nitrogens is 1. The lowest BCUT2D eigenvalue weighted by Crippen LogP contribution is -2.33. The van der Waals surface area contributed by atoms with Gasteiger partial charge >= 0.3 is 0 Å². The third kappa shape index (κ3) is 5.92. The molecular weight excluding hydrogens is 429 g/mol. The molecule has 0 bridgehead atoms. The fourth-order valence-corrected chi connectivity index (χ4v) is 4.53. The van der Waals surface area contributed by atoms with E-state index in [1.807, 2.05) is 44.4 Å². The molecule has 0 saturated heterocycles. The lowest BCUT2D eigenvalue weighted by Gasteiger charge is -2.21. The minimum Gasteiger partial charge on any atom is -0.309 e. The third-order valence-corrected chi connectivity index (χ3v) is 6.17. The lowest BCUT2D eigenvalue weighted by molar-refractivity contribution is 0.0986. The fourth-order valence-electron chi connectivity index (χ4n) is 2.86. The number of fused-ring (bicyclic) bond motifs is 1. The van der Waals surface area contributed by atoms with Gasteiger partial charge in [0.15, 0.2) is 5.13 Å². The minimum absolute atomic E-state index is 0. The Bertz CT molecular complexity index is 947. The average molecular weight is 454 g/mol. The molecule has 0 aliphatic heterocycles. The van der Waals surface area contributed by atoms with E-state index in [1.165, 1.54) is 17.4 Å².